The third-order valence-electron chi connectivity index (χ3n) is 8.30. The molecule has 6 rings (SSSR count). The number of piperazine rings is 1. The van der Waals surface area contributed by atoms with Gasteiger partial charge in [-0.05, 0) is 55.1 Å². The van der Waals surface area contributed by atoms with Crippen molar-refractivity contribution in [2.24, 2.45) is 0 Å². The molecule has 1 atom stereocenters. The minimum atomic E-state index is -1.26. The fourth-order valence-electron chi connectivity index (χ4n) is 5.63. The van der Waals surface area contributed by atoms with Gasteiger partial charge in [-0.15, -0.1) is 11.8 Å². The van der Waals surface area contributed by atoms with Crippen molar-refractivity contribution in [2.45, 2.75) is 27.1 Å². The predicted octanol–water partition coefficient (Wildman–Crippen LogP) is 6.76. The highest BCUT2D eigenvalue weighted by Crippen LogP contribution is 2.44. The smallest absolute Gasteiger partial charge is 0.328 e. The van der Waals surface area contributed by atoms with Crippen molar-refractivity contribution in [2.75, 3.05) is 53.7 Å². The second-order valence-corrected chi connectivity index (χ2v) is 13.6. The monoisotopic (exact) mass is 730 g/mol. The zero-order valence-corrected chi connectivity index (χ0v) is 30.6. The lowest BCUT2D eigenvalue weighted by atomic mass is 9.96. The number of carbonyl (C=O) groups excluding carboxylic acids is 1. The number of phenolic OH excluding ortho intramolecular Hbond substituents is 1. The van der Waals surface area contributed by atoms with Crippen molar-refractivity contribution >= 4 is 41.2 Å². The number of fused-ring (bicyclic) bond motifs is 2. The Balaban J connectivity index is 0.000000193. The molecule has 12 heteroatoms. The largest absolute Gasteiger partial charge is 0.507 e. The van der Waals surface area contributed by atoms with Gasteiger partial charge in [0, 0.05) is 76.8 Å². The minimum Gasteiger partial charge on any atom is -0.507 e. The molecule has 0 bridgehead atoms. The van der Waals surface area contributed by atoms with Crippen LogP contribution in [0, 0.1) is 0 Å². The molecule has 4 aromatic carbocycles. The van der Waals surface area contributed by atoms with E-state index in [1.165, 1.54) is 59.2 Å². The maximum Gasteiger partial charge on any atom is 0.328 e. The molecule has 0 spiro atoms. The second-order valence-electron chi connectivity index (χ2n) is 11.6. The van der Waals surface area contributed by atoms with Crippen LogP contribution in [0.25, 0.3) is 0 Å². The maximum absolute atomic E-state index is 12.4. The zero-order valence-electron chi connectivity index (χ0n) is 28.9. The van der Waals surface area contributed by atoms with Gasteiger partial charge in [0.05, 0.1) is 14.2 Å². The standard InChI is InChI=1S/C20H24N2S2.C15H14O4.C4H4O4/c1-21-9-11-22(12-10-21)18-13-15-5-3-4-6-19(15)24-20-8-7-16(23-2)14-17(18)20;1-18-11-8-12(16)14(13(9-11)19-2)15(17)10-6-4-3-5-7-10;5-3(6)1-2-4(7)8/h3-8,14,18H,9-13H2,1-2H3;3-9,16H,1-2H3;1-2H,(H,5,6)(H,7,8). The van der Waals surface area contributed by atoms with E-state index in [0.717, 1.165) is 19.5 Å². The number of aliphatic carboxylic acids is 2. The first-order chi connectivity index (χ1) is 24.5. The van der Waals surface area contributed by atoms with Crippen LogP contribution in [0.3, 0.4) is 0 Å². The molecule has 1 saturated heterocycles. The van der Waals surface area contributed by atoms with Crippen molar-refractivity contribution in [1.29, 1.82) is 0 Å². The molecule has 51 heavy (non-hydrogen) atoms. The van der Waals surface area contributed by atoms with E-state index >= 15 is 0 Å². The van der Waals surface area contributed by atoms with Crippen LogP contribution in [0.1, 0.15) is 33.1 Å². The molecule has 268 valence electrons. The quantitative estimate of drug-likeness (QED) is 0.100. The number of carboxylic acid groups (broad SMARTS) is 2. The van der Waals surface area contributed by atoms with E-state index in [2.05, 4.69) is 65.6 Å². The molecule has 2 heterocycles. The van der Waals surface area contributed by atoms with Crippen LogP contribution in [-0.2, 0) is 16.0 Å². The lowest BCUT2D eigenvalue weighted by Gasteiger charge is -2.38. The van der Waals surface area contributed by atoms with Crippen LogP contribution in [0.2, 0.25) is 0 Å². The van der Waals surface area contributed by atoms with Gasteiger partial charge in [0.15, 0.2) is 0 Å². The predicted molar refractivity (Wildman–Crippen MR) is 200 cm³/mol. The Labute approximate surface area is 306 Å². The van der Waals surface area contributed by atoms with Crippen LogP contribution in [0.5, 0.6) is 17.2 Å². The van der Waals surface area contributed by atoms with Gasteiger partial charge in [0.2, 0.25) is 5.78 Å². The van der Waals surface area contributed by atoms with E-state index in [4.69, 9.17) is 19.7 Å². The summed E-state index contributed by atoms with van der Waals surface area (Å²) in [5.41, 5.74) is 3.64. The first kappa shape index (κ1) is 39.0. The van der Waals surface area contributed by atoms with Crippen molar-refractivity contribution in [3.63, 3.8) is 0 Å². The number of carbonyl (C=O) groups is 3. The van der Waals surface area contributed by atoms with Crippen LogP contribution in [0.4, 0.5) is 0 Å². The van der Waals surface area contributed by atoms with Gasteiger partial charge in [0.1, 0.15) is 22.8 Å². The van der Waals surface area contributed by atoms with Gasteiger partial charge >= 0.3 is 11.9 Å². The molecule has 3 N–H and O–H groups in total. The number of nitrogens with zero attached hydrogens (tertiary/aromatic N) is 2. The summed E-state index contributed by atoms with van der Waals surface area (Å²) in [6, 6.07) is 28.1. The van der Waals surface area contributed by atoms with E-state index in [1.54, 1.807) is 30.3 Å². The lowest BCUT2D eigenvalue weighted by molar-refractivity contribution is -0.134. The summed E-state index contributed by atoms with van der Waals surface area (Å²) < 4.78 is 10.2. The molecule has 10 nitrogen and oxygen atoms in total. The number of carboxylic acids is 2. The minimum absolute atomic E-state index is 0.134. The number of thioether (sulfide) groups is 1. The van der Waals surface area contributed by atoms with E-state index in [1.807, 2.05) is 29.6 Å². The van der Waals surface area contributed by atoms with Crippen molar-refractivity contribution in [3.05, 3.63) is 119 Å². The van der Waals surface area contributed by atoms with E-state index in [-0.39, 0.29) is 22.8 Å². The molecule has 1 unspecified atom stereocenters. The lowest BCUT2D eigenvalue weighted by Crippen LogP contribution is -2.46. The molecule has 0 aliphatic carbocycles. The maximum atomic E-state index is 12.4. The number of aromatic hydroxyl groups is 1. The molecule has 2 aliphatic rings. The number of hydrogen-bond donors (Lipinski definition) is 3. The van der Waals surface area contributed by atoms with Crippen LogP contribution >= 0.6 is 23.5 Å². The summed E-state index contributed by atoms with van der Waals surface area (Å²) in [6.45, 7) is 4.67. The Morgan fingerprint density at radius 3 is 2.08 bits per heavy atom. The average Bonchev–Trinajstić information content (AvgIpc) is 3.31. The highest BCUT2D eigenvalue weighted by atomic mass is 32.2. The number of benzene rings is 4. The van der Waals surface area contributed by atoms with E-state index < -0.39 is 11.9 Å². The Morgan fingerprint density at radius 2 is 1.47 bits per heavy atom. The molecule has 0 saturated carbocycles. The summed E-state index contributed by atoms with van der Waals surface area (Å²) in [5.74, 6) is -2.26. The third-order valence-corrected chi connectivity index (χ3v) is 10.2. The first-order valence-corrected chi connectivity index (χ1v) is 18.1. The summed E-state index contributed by atoms with van der Waals surface area (Å²) in [7, 11) is 5.15. The topological polar surface area (TPSA) is 137 Å². The molecule has 1 fully saturated rings. The number of rotatable bonds is 8. The number of phenols is 1. The summed E-state index contributed by atoms with van der Waals surface area (Å²) in [4.78, 5) is 40.8. The van der Waals surface area contributed by atoms with Gasteiger partial charge in [-0.1, -0.05) is 60.3 Å². The highest BCUT2D eigenvalue weighted by Gasteiger charge is 2.29. The van der Waals surface area contributed by atoms with Gasteiger partial charge in [-0.3, -0.25) is 9.69 Å². The van der Waals surface area contributed by atoms with Crippen LogP contribution in [-0.4, -0.2) is 96.5 Å². The number of methoxy groups -OCH3 is 2. The summed E-state index contributed by atoms with van der Waals surface area (Å²) in [6.07, 6.45) is 4.41. The highest BCUT2D eigenvalue weighted by molar-refractivity contribution is 7.99. The van der Waals surface area contributed by atoms with Gasteiger partial charge in [-0.2, -0.15) is 0 Å². The number of likely N-dealkylation sites (N-methyl/N-ethyl adjacent to an activating group) is 1. The Morgan fingerprint density at radius 1 is 0.824 bits per heavy atom. The normalized spacial score (nSPS) is 15.5. The third kappa shape index (κ3) is 10.9. The van der Waals surface area contributed by atoms with E-state index in [9.17, 15) is 19.5 Å². The zero-order chi connectivity index (χ0) is 36.9. The average molecular weight is 731 g/mol. The van der Waals surface area contributed by atoms with Crippen LogP contribution in [0.15, 0.2) is 112 Å². The fourth-order valence-corrected chi connectivity index (χ4v) is 7.20. The summed E-state index contributed by atoms with van der Waals surface area (Å²) >= 11 is 3.79. The number of hydrogen-bond acceptors (Lipinski definition) is 10. The van der Waals surface area contributed by atoms with Gasteiger partial charge in [-0.25, -0.2) is 9.59 Å². The van der Waals surface area contributed by atoms with Crippen molar-refractivity contribution in [1.82, 2.24) is 9.80 Å². The summed E-state index contributed by atoms with van der Waals surface area (Å²) in [5, 5.41) is 25.6. The SMILES string of the molecule is COc1cc(O)c(C(=O)c2ccccc2)c(OC)c1.CSc1ccc2c(c1)C(N1CCN(C)CC1)Cc1ccccc1S2.O=C(O)C=CC(=O)O. The van der Waals surface area contributed by atoms with Gasteiger partial charge in [0.25, 0.3) is 0 Å². The number of ketones is 1. The first-order valence-electron chi connectivity index (χ1n) is 16.1. The second kappa shape index (κ2) is 19.0. The Kier molecular flexibility index (Phi) is 14.6. The molecule has 0 aromatic heterocycles. The molecule has 0 amide bonds. The molecular weight excluding hydrogens is 689 g/mol. The molecule has 2 aliphatic heterocycles. The Hall–Kier alpha value is -4.75. The fraction of sp³-hybridized carbons (Fsp3) is 0.256. The van der Waals surface area contributed by atoms with E-state index in [0.29, 0.717) is 29.5 Å². The van der Waals surface area contributed by atoms with Gasteiger partial charge < -0.3 is 29.7 Å². The van der Waals surface area contributed by atoms with Crippen molar-refractivity contribution in [3.8, 4) is 17.2 Å². The van der Waals surface area contributed by atoms with Crippen LogP contribution < -0.4 is 9.47 Å². The molecule has 0 radical (unpaired) electrons. The molecule has 4 aromatic rings. The molecular formula is C39H42N2O8S2. The Bertz CT molecular complexity index is 1830. The number of ether oxygens (including phenoxy) is 2. The van der Waals surface area contributed by atoms with Crippen molar-refractivity contribution < 1.29 is 39.2 Å².